The number of anilines is 1. The Kier molecular flexibility index (Phi) is 5.00. The summed E-state index contributed by atoms with van der Waals surface area (Å²) in [5.74, 6) is -0.0733. The second-order valence-electron chi connectivity index (χ2n) is 5.79. The molecule has 0 aromatic carbocycles. The van der Waals surface area contributed by atoms with Gasteiger partial charge in [-0.3, -0.25) is 0 Å². The Labute approximate surface area is 141 Å². The number of hydrogen-bond donors (Lipinski definition) is 0. The molecule has 3 heterocycles. The third-order valence-corrected chi connectivity index (χ3v) is 4.04. The lowest BCUT2D eigenvalue weighted by Crippen LogP contribution is -2.36. The molecule has 0 atom stereocenters. The monoisotopic (exact) mass is 356 g/mol. The maximum Gasteiger partial charge on any atom is 0.433 e. The smallest absolute Gasteiger partial charge is 0.433 e. The first-order chi connectivity index (χ1) is 11.9. The number of pyridine rings is 1. The Bertz CT molecular complexity index is 717. The predicted molar refractivity (Wildman–Crippen MR) is 81.7 cm³/mol. The summed E-state index contributed by atoms with van der Waals surface area (Å²) in [5.41, 5.74) is -0.973. The van der Waals surface area contributed by atoms with Crippen LogP contribution >= 0.6 is 0 Å². The maximum absolute atomic E-state index is 13.7. The van der Waals surface area contributed by atoms with Gasteiger partial charge in [0.05, 0.1) is 12.8 Å². The molecule has 0 amide bonds. The molecule has 0 bridgehead atoms. The topological polar surface area (TPSA) is 51.1 Å². The molecule has 9 heteroatoms. The summed E-state index contributed by atoms with van der Waals surface area (Å²) < 4.78 is 57.0. The van der Waals surface area contributed by atoms with E-state index in [0.29, 0.717) is 13.1 Å². The standard InChI is InChI=1S/C16H16F4N4O/c17-12-8-21-10-22-15(12)24-6-4-11(5-7-24)9-25-14-3-1-2-13(23-14)16(18,19)20/h1-3,8,10-11H,4-7,9H2. The van der Waals surface area contributed by atoms with Gasteiger partial charge in [0.25, 0.3) is 0 Å². The molecule has 1 fully saturated rings. The van der Waals surface area contributed by atoms with E-state index < -0.39 is 17.7 Å². The molecule has 2 aromatic heterocycles. The number of alkyl halides is 3. The van der Waals surface area contributed by atoms with Crippen LogP contribution in [0.1, 0.15) is 18.5 Å². The van der Waals surface area contributed by atoms with Crippen molar-refractivity contribution in [2.75, 3.05) is 24.6 Å². The lowest BCUT2D eigenvalue weighted by molar-refractivity contribution is -0.141. The van der Waals surface area contributed by atoms with Crippen LogP contribution in [0.5, 0.6) is 5.88 Å². The minimum Gasteiger partial charge on any atom is -0.477 e. The highest BCUT2D eigenvalue weighted by Gasteiger charge is 2.32. The molecule has 0 spiro atoms. The Morgan fingerprint density at radius 1 is 1.20 bits per heavy atom. The third kappa shape index (κ3) is 4.34. The Balaban J connectivity index is 1.52. The van der Waals surface area contributed by atoms with Gasteiger partial charge < -0.3 is 9.64 Å². The summed E-state index contributed by atoms with van der Waals surface area (Å²) in [6.07, 6.45) is -0.624. The molecule has 1 aliphatic heterocycles. The summed E-state index contributed by atoms with van der Waals surface area (Å²) in [5, 5.41) is 0. The highest BCUT2D eigenvalue weighted by atomic mass is 19.4. The fourth-order valence-electron chi connectivity index (χ4n) is 2.71. The second kappa shape index (κ2) is 7.20. The number of hydrogen-bond acceptors (Lipinski definition) is 5. The van der Waals surface area contributed by atoms with Crippen molar-refractivity contribution in [2.45, 2.75) is 19.0 Å². The van der Waals surface area contributed by atoms with Crippen molar-refractivity contribution in [3.05, 3.63) is 42.2 Å². The van der Waals surface area contributed by atoms with Crippen molar-refractivity contribution in [3.8, 4) is 5.88 Å². The van der Waals surface area contributed by atoms with Gasteiger partial charge in [-0.1, -0.05) is 6.07 Å². The zero-order valence-electron chi connectivity index (χ0n) is 13.2. The summed E-state index contributed by atoms with van der Waals surface area (Å²) in [6.45, 7) is 1.46. The van der Waals surface area contributed by atoms with E-state index in [1.807, 2.05) is 4.90 Å². The normalized spacial score (nSPS) is 16.1. The largest absolute Gasteiger partial charge is 0.477 e. The summed E-state index contributed by atoms with van der Waals surface area (Å²) in [7, 11) is 0. The van der Waals surface area contributed by atoms with E-state index in [0.717, 1.165) is 25.1 Å². The molecule has 0 radical (unpaired) electrons. The molecule has 1 aliphatic rings. The Morgan fingerprint density at radius 2 is 1.96 bits per heavy atom. The maximum atomic E-state index is 13.7. The zero-order valence-corrected chi connectivity index (χ0v) is 13.2. The van der Waals surface area contributed by atoms with Gasteiger partial charge in [-0.05, 0) is 24.8 Å². The quantitative estimate of drug-likeness (QED) is 0.787. The molecule has 25 heavy (non-hydrogen) atoms. The molecule has 0 N–H and O–H groups in total. The van der Waals surface area contributed by atoms with E-state index in [1.165, 1.54) is 18.5 Å². The first-order valence-electron chi connectivity index (χ1n) is 7.81. The lowest BCUT2D eigenvalue weighted by Gasteiger charge is -2.32. The molecule has 3 rings (SSSR count). The number of ether oxygens (including phenoxy) is 1. The summed E-state index contributed by atoms with van der Waals surface area (Å²) in [4.78, 5) is 12.9. The van der Waals surface area contributed by atoms with E-state index in [9.17, 15) is 17.6 Å². The number of nitrogens with zero attached hydrogens (tertiary/aromatic N) is 4. The van der Waals surface area contributed by atoms with Crippen molar-refractivity contribution >= 4 is 5.82 Å². The first-order valence-corrected chi connectivity index (χ1v) is 7.81. The number of halogens is 4. The average molecular weight is 356 g/mol. The molecule has 1 saturated heterocycles. The van der Waals surface area contributed by atoms with Gasteiger partial charge in [-0.2, -0.15) is 13.2 Å². The molecular weight excluding hydrogens is 340 g/mol. The van der Waals surface area contributed by atoms with Crippen molar-refractivity contribution in [2.24, 2.45) is 5.92 Å². The highest BCUT2D eigenvalue weighted by Crippen LogP contribution is 2.29. The van der Waals surface area contributed by atoms with E-state index in [2.05, 4.69) is 15.0 Å². The van der Waals surface area contributed by atoms with Crippen LogP contribution in [0.25, 0.3) is 0 Å². The SMILES string of the molecule is Fc1cncnc1N1CCC(COc2cccc(C(F)(F)F)n2)CC1. The zero-order chi connectivity index (χ0) is 17.9. The minimum absolute atomic E-state index is 0.0425. The molecule has 2 aromatic rings. The Hall–Kier alpha value is -2.45. The molecule has 134 valence electrons. The van der Waals surface area contributed by atoms with Gasteiger partial charge in [0, 0.05) is 19.2 Å². The van der Waals surface area contributed by atoms with E-state index >= 15 is 0 Å². The van der Waals surface area contributed by atoms with E-state index in [1.54, 1.807) is 0 Å². The van der Waals surface area contributed by atoms with Gasteiger partial charge in [0.1, 0.15) is 12.0 Å². The van der Waals surface area contributed by atoms with E-state index in [-0.39, 0.29) is 24.2 Å². The van der Waals surface area contributed by atoms with Crippen LogP contribution in [0.3, 0.4) is 0 Å². The summed E-state index contributed by atoms with van der Waals surface area (Å²) >= 11 is 0. The third-order valence-electron chi connectivity index (χ3n) is 4.04. The van der Waals surface area contributed by atoms with Crippen LogP contribution in [0.15, 0.2) is 30.7 Å². The molecule has 0 unspecified atom stereocenters. The molecule has 0 aliphatic carbocycles. The molecule has 5 nitrogen and oxygen atoms in total. The minimum atomic E-state index is -4.49. The summed E-state index contributed by atoms with van der Waals surface area (Å²) in [6, 6.07) is 3.58. The van der Waals surface area contributed by atoms with Crippen LogP contribution in [0.2, 0.25) is 0 Å². The predicted octanol–water partition coefficient (Wildman–Crippen LogP) is 3.32. The van der Waals surface area contributed by atoms with Gasteiger partial charge in [-0.15, -0.1) is 0 Å². The fraction of sp³-hybridized carbons (Fsp3) is 0.438. The number of rotatable bonds is 4. The van der Waals surface area contributed by atoms with Crippen LogP contribution in [-0.4, -0.2) is 34.6 Å². The van der Waals surface area contributed by atoms with Crippen LogP contribution in [-0.2, 0) is 6.18 Å². The first kappa shape index (κ1) is 17.4. The van der Waals surface area contributed by atoms with Crippen molar-refractivity contribution in [1.29, 1.82) is 0 Å². The Morgan fingerprint density at radius 3 is 2.64 bits per heavy atom. The second-order valence-corrected chi connectivity index (χ2v) is 5.79. The fourth-order valence-corrected chi connectivity index (χ4v) is 2.71. The van der Waals surface area contributed by atoms with Crippen molar-refractivity contribution in [3.63, 3.8) is 0 Å². The van der Waals surface area contributed by atoms with Crippen LogP contribution in [0, 0.1) is 11.7 Å². The number of piperidine rings is 1. The van der Waals surface area contributed by atoms with Gasteiger partial charge in [0.2, 0.25) is 5.88 Å². The lowest BCUT2D eigenvalue weighted by atomic mass is 9.98. The number of aromatic nitrogens is 3. The van der Waals surface area contributed by atoms with Gasteiger partial charge in [-0.25, -0.2) is 19.3 Å². The van der Waals surface area contributed by atoms with Crippen molar-refractivity contribution < 1.29 is 22.3 Å². The average Bonchev–Trinajstić information content (AvgIpc) is 2.60. The van der Waals surface area contributed by atoms with Gasteiger partial charge >= 0.3 is 6.18 Å². The van der Waals surface area contributed by atoms with Crippen LogP contribution in [0.4, 0.5) is 23.4 Å². The highest BCUT2D eigenvalue weighted by molar-refractivity contribution is 5.38. The van der Waals surface area contributed by atoms with E-state index in [4.69, 9.17) is 4.74 Å². The van der Waals surface area contributed by atoms with Gasteiger partial charge in [0.15, 0.2) is 11.6 Å². The molecular formula is C16H16F4N4O. The van der Waals surface area contributed by atoms with Crippen LogP contribution < -0.4 is 9.64 Å². The van der Waals surface area contributed by atoms with Crippen molar-refractivity contribution in [1.82, 2.24) is 15.0 Å². The molecule has 0 saturated carbocycles.